The number of halogens is 1. The Labute approximate surface area is 139 Å². The molecule has 1 aromatic rings. The van der Waals surface area contributed by atoms with Crippen molar-refractivity contribution < 1.29 is 4.79 Å². The van der Waals surface area contributed by atoms with Gasteiger partial charge in [-0.05, 0) is 69.2 Å². The molecule has 3 rings (SSSR count). The van der Waals surface area contributed by atoms with Gasteiger partial charge in [-0.15, -0.1) is 12.4 Å². The molecule has 2 aliphatic rings. The molecule has 1 atom stereocenters. The van der Waals surface area contributed by atoms with Crippen LogP contribution in [0.2, 0.25) is 0 Å². The summed E-state index contributed by atoms with van der Waals surface area (Å²) in [7, 11) is 0. The zero-order valence-corrected chi connectivity index (χ0v) is 14.4. The van der Waals surface area contributed by atoms with E-state index >= 15 is 0 Å². The molecule has 1 aromatic carbocycles. The van der Waals surface area contributed by atoms with Gasteiger partial charge in [-0.1, -0.05) is 23.8 Å². The van der Waals surface area contributed by atoms with E-state index in [-0.39, 0.29) is 24.2 Å². The summed E-state index contributed by atoms with van der Waals surface area (Å²) < 4.78 is 0. The molecule has 2 N–H and O–H groups in total. The predicted octanol–water partition coefficient (Wildman–Crippen LogP) is 2.77. The largest absolute Gasteiger partial charge is 0.356 e. The second kappa shape index (κ2) is 7.01. The molecule has 1 saturated heterocycles. The fraction of sp³-hybridized carbons (Fsp3) is 0.611. The topological polar surface area (TPSA) is 41.1 Å². The van der Waals surface area contributed by atoms with Crippen LogP contribution in [0.5, 0.6) is 0 Å². The molecule has 1 saturated carbocycles. The van der Waals surface area contributed by atoms with E-state index in [4.69, 9.17) is 0 Å². The van der Waals surface area contributed by atoms with E-state index in [2.05, 4.69) is 42.7 Å². The van der Waals surface area contributed by atoms with Crippen molar-refractivity contribution in [1.29, 1.82) is 0 Å². The smallest absolute Gasteiger partial charge is 0.223 e. The summed E-state index contributed by atoms with van der Waals surface area (Å²) >= 11 is 0. The normalized spacial score (nSPS) is 22.0. The van der Waals surface area contributed by atoms with Gasteiger partial charge in [0, 0.05) is 12.5 Å². The van der Waals surface area contributed by atoms with Crippen LogP contribution in [0.1, 0.15) is 36.0 Å². The van der Waals surface area contributed by atoms with E-state index in [1.807, 2.05) is 0 Å². The number of carbonyl (C=O) groups is 1. The fourth-order valence-electron chi connectivity index (χ4n) is 3.77. The lowest BCUT2D eigenvalue weighted by molar-refractivity contribution is -0.123. The third kappa shape index (κ3) is 3.64. The number of carbonyl (C=O) groups excluding carboxylic acids is 1. The molecule has 1 heterocycles. The quantitative estimate of drug-likeness (QED) is 0.895. The number of hydrogen-bond acceptors (Lipinski definition) is 2. The number of amides is 1. The summed E-state index contributed by atoms with van der Waals surface area (Å²) in [6.45, 7) is 7.17. The first-order valence-corrected chi connectivity index (χ1v) is 8.15. The lowest BCUT2D eigenvalue weighted by Gasteiger charge is -2.23. The number of aryl methyl sites for hydroxylation is 2. The van der Waals surface area contributed by atoms with Gasteiger partial charge in [-0.25, -0.2) is 0 Å². The minimum atomic E-state index is 0. The van der Waals surface area contributed by atoms with Crippen molar-refractivity contribution in [3.63, 3.8) is 0 Å². The van der Waals surface area contributed by atoms with E-state index in [1.165, 1.54) is 29.5 Å². The van der Waals surface area contributed by atoms with Crippen LogP contribution < -0.4 is 10.6 Å². The van der Waals surface area contributed by atoms with Crippen molar-refractivity contribution >= 4 is 18.3 Å². The van der Waals surface area contributed by atoms with Crippen molar-refractivity contribution in [1.82, 2.24) is 10.6 Å². The van der Waals surface area contributed by atoms with E-state index in [0.717, 1.165) is 32.5 Å². The molecule has 0 radical (unpaired) electrons. The van der Waals surface area contributed by atoms with Crippen LogP contribution in [0.25, 0.3) is 0 Å². The van der Waals surface area contributed by atoms with E-state index < -0.39 is 0 Å². The molecule has 1 amide bonds. The maximum Gasteiger partial charge on any atom is 0.223 e. The SMILES string of the molecule is Cc1ccc(CCNC(=O)C2CC23CCNCC3)c(C)c1.Cl. The Hall–Kier alpha value is -1.06. The first-order valence-electron chi connectivity index (χ1n) is 8.15. The minimum absolute atomic E-state index is 0. The monoisotopic (exact) mass is 322 g/mol. The molecule has 0 aromatic heterocycles. The lowest BCUT2D eigenvalue weighted by atomic mass is 9.92. The van der Waals surface area contributed by atoms with Gasteiger partial charge in [0.15, 0.2) is 0 Å². The first-order chi connectivity index (χ1) is 10.1. The summed E-state index contributed by atoms with van der Waals surface area (Å²) in [5.41, 5.74) is 4.31. The molecule has 1 unspecified atom stereocenters. The van der Waals surface area contributed by atoms with Crippen LogP contribution in [-0.4, -0.2) is 25.5 Å². The number of benzene rings is 1. The summed E-state index contributed by atoms with van der Waals surface area (Å²) in [6, 6.07) is 6.54. The Morgan fingerprint density at radius 2 is 2.05 bits per heavy atom. The Morgan fingerprint density at radius 1 is 1.32 bits per heavy atom. The molecule has 1 aliphatic carbocycles. The van der Waals surface area contributed by atoms with E-state index in [9.17, 15) is 4.79 Å². The van der Waals surface area contributed by atoms with E-state index in [0.29, 0.717) is 5.41 Å². The zero-order chi connectivity index (χ0) is 14.9. The van der Waals surface area contributed by atoms with Crippen LogP contribution in [0.15, 0.2) is 18.2 Å². The predicted molar refractivity (Wildman–Crippen MR) is 92.5 cm³/mol. The Morgan fingerprint density at radius 3 is 2.73 bits per heavy atom. The Balaban J connectivity index is 0.00000176. The summed E-state index contributed by atoms with van der Waals surface area (Å²) in [5.74, 6) is 0.556. The standard InChI is InChI=1S/C18H26N2O.ClH/c1-13-3-4-15(14(2)11-13)5-8-20-17(21)16-12-18(16)6-9-19-10-7-18;/h3-4,11,16,19H,5-10,12H2,1-2H3,(H,20,21);1H. The summed E-state index contributed by atoms with van der Waals surface area (Å²) in [5, 5.41) is 6.53. The molecule has 122 valence electrons. The molecule has 1 spiro atoms. The highest BCUT2D eigenvalue weighted by molar-refractivity contribution is 5.85. The van der Waals surface area contributed by atoms with Crippen LogP contribution in [0.3, 0.4) is 0 Å². The molecule has 1 aliphatic heterocycles. The third-order valence-electron chi connectivity index (χ3n) is 5.30. The number of piperidine rings is 1. The van der Waals surface area contributed by atoms with Crippen molar-refractivity contribution in [3.05, 3.63) is 34.9 Å². The van der Waals surface area contributed by atoms with Gasteiger partial charge >= 0.3 is 0 Å². The van der Waals surface area contributed by atoms with Crippen molar-refractivity contribution in [2.24, 2.45) is 11.3 Å². The average Bonchev–Trinajstić information content (AvgIpc) is 3.15. The Bertz CT molecular complexity index is 538. The summed E-state index contributed by atoms with van der Waals surface area (Å²) in [4.78, 5) is 12.3. The average molecular weight is 323 g/mol. The second-order valence-electron chi connectivity index (χ2n) is 6.84. The Kier molecular flexibility index (Phi) is 5.51. The van der Waals surface area contributed by atoms with Gasteiger partial charge in [-0.2, -0.15) is 0 Å². The first kappa shape index (κ1) is 17.3. The van der Waals surface area contributed by atoms with Crippen LogP contribution in [-0.2, 0) is 11.2 Å². The van der Waals surface area contributed by atoms with Crippen LogP contribution in [0, 0.1) is 25.2 Å². The van der Waals surface area contributed by atoms with E-state index in [1.54, 1.807) is 0 Å². The molecular formula is C18H27ClN2O. The van der Waals surface area contributed by atoms with Gasteiger partial charge in [0.2, 0.25) is 5.91 Å². The molecule has 3 nitrogen and oxygen atoms in total. The van der Waals surface area contributed by atoms with Gasteiger partial charge < -0.3 is 10.6 Å². The zero-order valence-electron chi connectivity index (χ0n) is 13.6. The maximum atomic E-state index is 12.3. The number of hydrogen-bond donors (Lipinski definition) is 2. The molecule has 2 fully saturated rings. The fourth-order valence-corrected chi connectivity index (χ4v) is 3.77. The number of rotatable bonds is 4. The van der Waals surface area contributed by atoms with Crippen molar-refractivity contribution in [2.45, 2.75) is 39.5 Å². The molecule has 4 heteroatoms. The molecule has 0 bridgehead atoms. The van der Waals surface area contributed by atoms with Gasteiger partial charge in [0.25, 0.3) is 0 Å². The maximum absolute atomic E-state index is 12.3. The minimum Gasteiger partial charge on any atom is -0.356 e. The van der Waals surface area contributed by atoms with Gasteiger partial charge in [0.1, 0.15) is 0 Å². The summed E-state index contributed by atoms with van der Waals surface area (Å²) in [6.07, 6.45) is 4.37. The lowest BCUT2D eigenvalue weighted by Crippen LogP contribution is -2.34. The highest BCUT2D eigenvalue weighted by Gasteiger charge is 2.57. The van der Waals surface area contributed by atoms with Crippen LogP contribution >= 0.6 is 12.4 Å². The third-order valence-corrected chi connectivity index (χ3v) is 5.30. The number of nitrogens with one attached hydrogen (secondary N) is 2. The second-order valence-corrected chi connectivity index (χ2v) is 6.84. The van der Waals surface area contributed by atoms with Crippen LogP contribution in [0.4, 0.5) is 0 Å². The highest BCUT2D eigenvalue weighted by Crippen LogP contribution is 2.58. The van der Waals surface area contributed by atoms with Crippen molar-refractivity contribution in [2.75, 3.05) is 19.6 Å². The molecular weight excluding hydrogens is 296 g/mol. The van der Waals surface area contributed by atoms with Crippen molar-refractivity contribution in [3.8, 4) is 0 Å². The van der Waals surface area contributed by atoms with Gasteiger partial charge in [-0.3, -0.25) is 4.79 Å². The molecule has 22 heavy (non-hydrogen) atoms. The van der Waals surface area contributed by atoms with Gasteiger partial charge in [0.05, 0.1) is 0 Å². The highest BCUT2D eigenvalue weighted by atomic mass is 35.5.